The molecule has 1 aliphatic heterocycles. The summed E-state index contributed by atoms with van der Waals surface area (Å²) in [6, 6.07) is 14.7. The maximum absolute atomic E-state index is 13.3. The Morgan fingerprint density at radius 3 is 2.00 bits per heavy atom. The third kappa shape index (κ3) is 3.17. The van der Waals surface area contributed by atoms with Gasteiger partial charge in [-0.05, 0) is 38.1 Å². The number of aryl methyl sites for hydroxylation is 1. The standard InChI is InChI=1S/C16H17NO4S2/c1-12-8-10-15(11-9-12)23(19,20)17-22(18,16-13(2)21-16)14-6-4-3-5-7-14/h3-11,13,16H,1-2H3/t13-,16-,22?/m0/s1. The van der Waals surface area contributed by atoms with E-state index in [4.69, 9.17) is 4.74 Å². The molecule has 3 atom stereocenters. The van der Waals surface area contributed by atoms with Crippen LogP contribution in [0.25, 0.3) is 0 Å². The van der Waals surface area contributed by atoms with Gasteiger partial charge in [-0.3, -0.25) is 0 Å². The molecule has 0 spiro atoms. The van der Waals surface area contributed by atoms with Crippen molar-refractivity contribution in [3.63, 3.8) is 0 Å². The molecule has 0 N–H and O–H groups in total. The first-order chi connectivity index (χ1) is 10.8. The Hall–Kier alpha value is -1.70. The molecule has 1 aliphatic rings. The molecule has 1 unspecified atom stereocenters. The van der Waals surface area contributed by atoms with E-state index in [1.807, 2.05) is 6.92 Å². The number of nitrogens with zero attached hydrogens (tertiary/aromatic N) is 1. The van der Waals surface area contributed by atoms with Crippen LogP contribution in [0.2, 0.25) is 0 Å². The average molecular weight is 351 g/mol. The van der Waals surface area contributed by atoms with Gasteiger partial charge in [0, 0.05) is 0 Å². The Kier molecular flexibility index (Phi) is 4.03. The van der Waals surface area contributed by atoms with Crippen LogP contribution in [0, 0.1) is 6.92 Å². The topological polar surface area (TPSA) is 76.1 Å². The highest BCUT2D eigenvalue weighted by Gasteiger charge is 2.46. The summed E-state index contributed by atoms with van der Waals surface area (Å²) in [5, 5.41) is 0. The van der Waals surface area contributed by atoms with E-state index >= 15 is 0 Å². The minimum atomic E-state index is -4.04. The summed E-state index contributed by atoms with van der Waals surface area (Å²) in [5.74, 6) is 0. The van der Waals surface area contributed by atoms with Crippen molar-refractivity contribution in [2.24, 2.45) is 3.77 Å². The predicted molar refractivity (Wildman–Crippen MR) is 88.0 cm³/mol. The van der Waals surface area contributed by atoms with E-state index in [2.05, 4.69) is 3.77 Å². The molecule has 0 aliphatic carbocycles. The zero-order valence-corrected chi connectivity index (χ0v) is 14.4. The molecule has 0 saturated carbocycles. The first-order valence-corrected chi connectivity index (χ1v) is 10.1. The molecule has 0 radical (unpaired) electrons. The number of benzene rings is 2. The van der Waals surface area contributed by atoms with Crippen molar-refractivity contribution in [3.8, 4) is 0 Å². The molecule has 7 heteroatoms. The molecule has 122 valence electrons. The number of hydrogen-bond donors (Lipinski definition) is 0. The fourth-order valence-corrected chi connectivity index (χ4v) is 6.57. The third-order valence-corrected chi connectivity index (χ3v) is 8.19. The second-order valence-electron chi connectivity index (χ2n) is 5.45. The molecule has 0 aromatic heterocycles. The van der Waals surface area contributed by atoms with Gasteiger partial charge in [0.05, 0.1) is 15.9 Å². The molecule has 1 heterocycles. The predicted octanol–water partition coefficient (Wildman–Crippen LogP) is 2.96. The molecule has 2 aromatic rings. The third-order valence-electron chi connectivity index (χ3n) is 3.58. The van der Waals surface area contributed by atoms with Crippen molar-refractivity contribution in [1.82, 2.24) is 0 Å². The van der Waals surface area contributed by atoms with Crippen LogP contribution >= 0.6 is 0 Å². The second-order valence-corrected chi connectivity index (χ2v) is 9.55. The Bertz CT molecular complexity index is 928. The molecule has 0 bridgehead atoms. The van der Waals surface area contributed by atoms with Gasteiger partial charge >= 0.3 is 0 Å². The SMILES string of the molecule is Cc1ccc(S(=O)(=O)N=S(=O)(c2ccccc2)[C@@H]2O[C@H]2C)cc1. The van der Waals surface area contributed by atoms with E-state index < -0.39 is 25.2 Å². The summed E-state index contributed by atoms with van der Waals surface area (Å²) in [7, 11) is -7.27. The first-order valence-electron chi connectivity index (χ1n) is 7.12. The quantitative estimate of drug-likeness (QED) is 0.794. The average Bonchev–Trinajstić information content (AvgIpc) is 3.26. The number of sulfonamides is 1. The number of ether oxygens (including phenoxy) is 1. The lowest BCUT2D eigenvalue weighted by atomic mass is 10.2. The highest BCUT2D eigenvalue weighted by Crippen LogP contribution is 2.35. The van der Waals surface area contributed by atoms with Crippen LogP contribution in [0.3, 0.4) is 0 Å². The van der Waals surface area contributed by atoms with Gasteiger partial charge in [0.2, 0.25) is 0 Å². The van der Waals surface area contributed by atoms with Crippen LogP contribution in [0.4, 0.5) is 0 Å². The molecular formula is C16H17NO4S2. The van der Waals surface area contributed by atoms with Crippen molar-refractivity contribution in [2.45, 2.75) is 35.2 Å². The van der Waals surface area contributed by atoms with E-state index in [0.717, 1.165) is 5.56 Å². The Morgan fingerprint density at radius 1 is 0.913 bits per heavy atom. The summed E-state index contributed by atoms with van der Waals surface area (Å²) in [4.78, 5) is 0.394. The van der Waals surface area contributed by atoms with E-state index in [-0.39, 0.29) is 11.0 Å². The van der Waals surface area contributed by atoms with E-state index in [1.54, 1.807) is 49.4 Å². The van der Waals surface area contributed by atoms with Crippen molar-refractivity contribution < 1.29 is 17.4 Å². The Balaban J connectivity index is 2.16. The lowest BCUT2D eigenvalue weighted by Gasteiger charge is -2.08. The maximum Gasteiger partial charge on any atom is 0.290 e. The lowest BCUT2D eigenvalue weighted by Crippen LogP contribution is -2.13. The van der Waals surface area contributed by atoms with Gasteiger partial charge in [-0.25, -0.2) is 4.21 Å². The summed E-state index contributed by atoms with van der Waals surface area (Å²) >= 11 is 0. The molecule has 23 heavy (non-hydrogen) atoms. The molecule has 3 rings (SSSR count). The van der Waals surface area contributed by atoms with Gasteiger partial charge in [0.25, 0.3) is 10.0 Å². The molecule has 5 nitrogen and oxygen atoms in total. The largest absolute Gasteiger partial charge is 0.354 e. The van der Waals surface area contributed by atoms with E-state index in [0.29, 0.717) is 4.90 Å². The molecular weight excluding hydrogens is 334 g/mol. The van der Waals surface area contributed by atoms with Crippen molar-refractivity contribution in [1.29, 1.82) is 0 Å². The maximum atomic E-state index is 13.3. The van der Waals surface area contributed by atoms with Gasteiger partial charge in [-0.1, -0.05) is 39.7 Å². The minimum absolute atomic E-state index is 0.0278. The van der Waals surface area contributed by atoms with Crippen molar-refractivity contribution >= 4 is 19.8 Å². The van der Waals surface area contributed by atoms with Crippen LogP contribution in [0.5, 0.6) is 0 Å². The second kappa shape index (κ2) is 5.74. The molecule has 1 saturated heterocycles. The first kappa shape index (κ1) is 16.2. The van der Waals surface area contributed by atoms with E-state index in [9.17, 15) is 12.6 Å². The zero-order chi connectivity index (χ0) is 16.7. The molecule has 2 aromatic carbocycles. The van der Waals surface area contributed by atoms with Gasteiger partial charge in [-0.15, -0.1) is 0 Å². The fraction of sp³-hybridized carbons (Fsp3) is 0.250. The fourth-order valence-electron chi connectivity index (χ4n) is 2.24. The van der Waals surface area contributed by atoms with E-state index in [1.165, 1.54) is 12.1 Å². The zero-order valence-electron chi connectivity index (χ0n) is 12.7. The summed E-state index contributed by atoms with van der Waals surface area (Å²) in [5.41, 5.74) is 0.233. The van der Waals surface area contributed by atoms with Gasteiger partial charge in [0.15, 0.2) is 5.44 Å². The van der Waals surface area contributed by atoms with Gasteiger partial charge < -0.3 is 4.74 Å². The van der Waals surface area contributed by atoms with Crippen LogP contribution in [-0.4, -0.2) is 24.2 Å². The smallest absolute Gasteiger partial charge is 0.290 e. The van der Waals surface area contributed by atoms with Crippen LogP contribution in [0.15, 0.2) is 68.2 Å². The minimum Gasteiger partial charge on any atom is -0.354 e. The highest BCUT2D eigenvalue weighted by molar-refractivity contribution is 8.03. The van der Waals surface area contributed by atoms with Gasteiger partial charge in [0.1, 0.15) is 9.73 Å². The summed E-state index contributed by atoms with van der Waals surface area (Å²) in [6.07, 6.45) is -0.278. The summed E-state index contributed by atoms with van der Waals surface area (Å²) < 4.78 is 47.6. The number of hydrogen-bond acceptors (Lipinski definition) is 4. The van der Waals surface area contributed by atoms with Crippen molar-refractivity contribution in [3.05, 3.63) is 60.2 Å². The molecule has 0 amide bonds. The monoisotopic (exact) mass is 351 g/mol. The summed E-state index contributed by atoms with van der Waals surface area (Å²) in [6.45, 7) is 3.61. The number of rotatable bonds is 4. The van der Waals surface area contributed by atoms with Crippen LogP contribution in [0.1, 0.15) is 12.5 Å². The Morgan fingerprint density at radius 2 is 1.48 bits per heavy atom. The highest BCUT2D eigenvalue weighted by atomic mass is 32.3. The number of epoxide rings is 1. The van der Waals surface area contributed by atoms with Crippen LogP contribution < -0.4 is 0 Å². The lowest BCUT2D eigenvalue weighted by molar-refractivity contribution is 0.409. The van der Waals surface area contributed by atoms with Crippen molar-refractivity contribution in [2.75, 3.05) is 0 Å². The normalized spacial score (nSPS) is 23.0. The Labute approximate surface area is 136 Å². The van der Waals surface area contributed by atoms with Gasteiger partial charge in [-0.2, -0.15) is 8.42 Å². The molecule has 1 fully saturated rings. The van der Waals surface area contributed by atoms with Crippen LogP contribution in [-0.2, 0) is 24.5 Å².